The van der Waals surface area contributed by atoms with Crippen LogP contribution in [-0.4, -0.2) is 24.9 Å². The van der Waals surface area contributed by atoms with Crippen LogP contribution in [0.4, 0.5) is 0 Å². The zero-order valence-electron chi connectivity index (χ0n) is 9.46. The summed E-state index contributed by atoms with van der Waals surface area (Å²) in [6.45, 7) is 1.99. The van der Waals surface area contributed by atoms with Gasteiger partial charge in [-0.3, -0.25) is 0 Å². The third-order valence-electron chi connectivity index (χ3n) is 2.56. The molecule has 0 radical (unpaired) electrons. The lowest BCUT2D eigenvalue weighted by atomic mass is 10.2. The Morgan fingerprint density at radius 1 is 1.39 bits per heavy atom. The number of rotatable bonds is 2. The van der Waals surface area contributed by atoms with E-state index >= 15 is 0 Å². The van der Waals surface area contributed by atoms with Gasteiger partial charge < -0.3 is 5.11 Å². The molecule has 0 aliphatic carbocycles. The van der Waals surface area contributed by atoms with Gasteiger partial charge >= 0.3 is 0 Å². The molecule has 0 aliphatic heterocycles. The fraction of sp³-hybridized carbons (Fsp3) is 0.182. The molecule has 1 aromatic carbocycles. The van der Waals surface area contributed by atoms with Gasteiger partial charge in [-0.05, 0) is 18.2 Å². The summed E-state index contributed by atoms with van der Waals surface area (Å²) in [5.41, 5.74) is 0.611. The van der Waals surface area contributed by atoms with Crippen LogP contribution in [-0.2, 0) is 6.42 Å². The molecule has 7 heteroatoms. The van der Waals surface area contributed by atoms with Gasteiger partial charge in [0, 0.05) is 11.4 Å². The molecule has 18 heavy (non-hydrogen) atoms. The molecule has 0 bridgehead atoms. The monoisotopic (exact) mass is 280 g/mol. The maximum atomic E-state index is 9.84. The highest BCUT2D eigenvalue weighted by Crippen LogP contribution is 2.34. The van der Waals surface area contributed by atoms with Crippen molar-refractivity contribution in [3.63, 3.8) is 0 Å². The Morgan fingerprint density at radius 2 is 2.22 bits per heavy atom. The fourth-order valence-electron chi connectivity index (χ4n) is 1.67. The van der Waals surface area contributed by atoms with Crippen molar-refractivity contribution >= 4 is 27.9 Å². The maximum Gasteiger partial charge on any atom is 0.234 e. The second kappa shape index (κ2) is 4.22. The van der Waals surface area contributed by atoms with E-state index in [9.17, 15) is 5.11 Å². The van der Waals surface area contributed by atoms with Crippen LogP contribution in [0.1, 0.15) is 12.7 Å². The Kier molecular flexibility index (Phi) is 2.68. The molecule has 0 amide bonds. The van der Waals surface area contributed by atoms with E-state index in [1.807, 2.05) is 6.92 Å². The first kappa shape index (κ1) is 11.4. The summed E-state index contributed by atoms with van der Waals surface area (Å²) in [5, 5.41) is 23.5. The lowest BCUT2D eigenvalue weighted by Gasteiger charge is -2.00. The molecule has 0 saturated heterocycles. The topological polar surface area (TPSA) is 63.3 Å². The molecule has 0 saturated carbocycles. The van der Waals surface area contributed by atoms with E-state index in [2.05, 4.69) is 15.3 Å². The van der Waals surface area contributed by atoms with Crippen LogP contribution in [0.15, 0.2) is 18.2 Å². The number of aromatic nitrogens is 4. The lowest BCUT2D eigenvalue weighted by Crippen LogP contribution is -1.93. The summed E-state index contributed by atoms with van der Waals surface area (Å²) in [5.74, 6) is 0.955. The average molecular weight is 281 g/mol. The van der Waals surface area contributed by atoms with Gasteiger partial charge in [0.15, 0.2) is 10.8 Å². The summed E-state index contributed by atoms with van der Waals surface area (Å²) < 4.78 is 1.69. The van der Waals surface area contributed by atoms with E-state index < -0.39 is 0 Å². The minimum atomic E-state index is 0.155. The van der Waals surface area contributed by atoms with E-state index in [-0.39, 0.29) is 5.75 Å². The molecule has 1 N–H and O–H groups in total. The molecular formula is C11H9ClN4OS. The number of nitrogens with zero attached hydrogens (tertiary/aromatic N) is 4. The highest BCUT2D eigenvalue weighted by molar-refractivity contribution is 7.19. The minimum Gasteiger partial charge on any atom is -0.507 e. The molecule has 0 atom stereocenters. The SMILES string of the molecule is CCc1nnc2sc(-c3cc(Cl)ccc3O)nn12. The number of aromatic hydroxyl groups is 1. The predicted molar refractivity (Wildman–Crippen MR) is 70.1 cm³/mol. The van der Waals surface area contributed by atoms with E-state index in [4.69, 9.17) is 11.6 Å². The Labute approximate surface area is 112 Å². The van der Waals surface area contributed by atoms with Crippen molar-refractivity contribution in [2.75, 3.05) is 0 Å². The standard InChI is InChI=1S/C11H9ClN4OS/c1-2-9-13-14-11-16(9)15-10(18-11)7-5-6(12)3-4-8(7)17/h3-5,17H,2H2,1H3. The van der Waals surface area contributed by atoms with E-state index in [1.54, 1.807) is 22.7 Å². The highest BCUT2D eigenvalue weighted by atomic mass is 35.5. The quantitative estimate of drug-likeness (QED) is 0.784. The zero-order chi connectivity index (χ0) is 12.7. The second-order valence-corrected chi connectivity index (χ2v) is 5.13. The third-order valence-corrected chi connectivity index (χ3v) is 3.73. The summed E-state index contributed by atoms with van der Waals surface area (Å²) in [7, 11) is 0. The van der Waals surface area contributed by atoms with Gasteiger partial charge in [0.1, 0.15) is 5.75 Å². The minimum absolute atomic E-state index is 0.155. The van der Waals surface area contributed by atoms with Crippen LogP contribution in [0.5, 0.6) is 5.75 Å². The van der Waals surface area contributed by atoms with Gasteiger partial charge in [-0.1, -0.05) is 29.9 Å². The van der Waals surface area contributed by atoms with Crippen LogP contribution in [0.25, 0.3) is 15.5 Å². The molecule has 5 nitrogen and oxygen atoms in total. The molecule has 0 fully saturated rings. The van der Waals surface area contributed by atoms with E-state index in [0.29, 0.717) is 20.6 Å². The molecule has 3 rings (SSSR count). The third kappa shape index (κ3) is 1.74. The number of hydrogen-bond acceptors (Lipinski definition) is 5. The van der Waals surface area contributed by atoms with Crippen molar-refractivity contribution in [3.8, 4) is 16.3 Å². The van der Waals surface area contributed by atoms with Crippen molar-refractivity contribution in [1.29, 1.82) is 0 Å². The maximum absolute atomic E-state index is 9.84. The number of hydrogen-bond donors (Lipinski definition) is 1. The fourth-order valence-corrected chi connectivity index (χ4v) is 2.72. The molecule has 0 aliphatic rings. The molecule has 0 unspecified atom stereocenters. The van der Waals surface area contributed by atoms with Crippen LogP contribution in [0.2, 0.25) is 5.02 Å². The summed E-state index contributed by atoms with van der Waals surface area (Å²) in [6, 6.07) is 4.88. The first-order chi connectivity index (χ1) is 8.69. The van der Waals surface area contributed by atoms with Crippen LogP contribution in [0, 0.1) is 0 Å². The van der Waals surface area contributed by atoms with Gasteiger partial charge in [-0.25, -0.2) is 0 Å². The number of fused-ring (bicyclic) bond motifs is 1. The summed E-state index contributed by atoms with van der Waals surface area (Å²) >= 11 is 7.30. The first-order valence-corrected chi connectivity index (χ1v) is 6.58. The van der Waals surface area contributed by atoms with Gasteiger partial charge in [0.2, 0.25) is 4.96 Å². The van der Waals surface area contributed by atoms with Crippen molar-refractivity contribution in [2.45, 2.75) is 13.3 Å². The normalized spacial score (nSPS) is 11.2. The van der Waals surface area contributed by atoms with Gasteiger partial charge in [0.25, 0.3) is 0 Å². The molecule has 0 spiro atoms. The molecule has 2 aromatic heterocycles. The summed E-state index contributed by atoms with van der Waals surface area (Å²) in [4.78, 5) is 0.709. The van der Waals surface area contributed by atoms with Crippen molar-refractivity contribution in [2.24, 2.45) is 0 Å². The van der Waals surface area contributed by atoms with Gasteiger partial charge in [0.05, 0.1) is 5.56 Å². The molecule has 3 aromatic rings. The Balaban J connectivity index is 2.19. The van der Waals surface area contributed by atoms with Crippen molar-refractivity contribution in [1.82, 2.24) is 19.8 Å². The Morgan fingerprint density at radius 3 is 3.00 bits per heavy atom. The lowest BCUT2D eigenvalue weighted by molar-refractivity contribution is 0.477. The highest BCUT2D eigenvalue weighted by Gasteiger charge is 2.14. The van der Waals surface area contributed by atoms with E-state index in [0.717, 1.165) is 12.2 Å². The second-order valence-electron chi connectivity index (χ2n) is 3.73. The van der Waals surface area contributed by atoms with Crippen LogP contribution in [0.3, 0.4) is 0 Å². The number of phenols is 1. The largest absolute Gasteiger partial charge is 0.507 e. The van der Waals surface area contributed by atoms with Gasteiger partial charge in [-0.15, -0.1) is 10.2 Å². The summed E-state index contributed by atoms with van der Waals surface area (Å²) in [6.07, 6.45) is 0.756. The zero-order valence-corrected chi connectivity index (χ0v) is 11.0. The van der Waals surface area contributed by atoms with Crippen molar-refractivity contribution < 1.29 is 5.11 Å². The van der Waals surface area contributed by atoms with Crippen LogP contribution >= 0.6 is 22.9 Å². The van der Waals surface area contributed by atoms with E-state index in [1.165, 1.54) is 11.3 Å². The van der Waals surface area contributed by atoms with Crippen LogP contribution < -0.4 is 0 Å². The molecule has 2 heterocycles. The Hall–Kier alpha value is -1.66. The number of aryl methyl sites for hydroxylation is 1. The number of halogens is 1. The smallest absolute Gasteiger partial charge is 0.234 e. The van der Waals surface area contributed by atoms with Gasteiger partial charge in [-0.2, -0.15) is 9.61 Å². The predicted octanol–water partition coefficient (Wildman–Crippen LogP) is 2.77. The number of benzene rings is 1. The molecule has 92 valence electrons. The molecular weight excluding hydrogens is 272 g/mol. The van der Waals surface area contributed by atoms with Crippen molar-refractivity contribution in [3.05, 3.63) is 29.0 Å². The first-order valence-electron chi connectivity index (χ1n) is 5.39. The average Bonchev–Trinajstić information content (AvgIpc) is 2.91. The number of phenolic OH excluding ortho intramolecular Hbond substituents is 1. The Bertz CT molecular complexity index is 721.